The average molecular weight is 387 g/mol. The van der Waals surface area contributed by atoms with Crippen LogP contribution in [0.2, 0.25) is 0 Å². The number of carbonyl (C=O) groups excluding carboxylic acids is 1. The molecule has 0 saturated heterocycles. The fourth-order valence-electron chi connectivity index (χ4n) is 2.49. The van der Waals surface area contributed by atoms with Crippen molar-refractivity contribution in [1.82, 2.24) is 4.72 Å². The van der Waals surface area contributed by atoms with Crippen molar-refractivity contribution in [3.8, 4) is 0 Å². The van der Waals surface area contributed by atoms with Crippen molar-refractivity contribution in [2.45, 2.75) is 11.8 Å². The van der Waals surface area contributed by atoms with Crippen molar-refractivity contribution >= 4 is 38.7 Å². The molecule has 1 aliphatic rings. The van der Waals surface area contributed by atoms with E-state index in [1.165, 1.54) is 19.2 Å². The summed E-state index contributed by atoms with van der Waals surface area (Å²) in [6, 6.07) is 11.1. The minimum atomic E-state index is -3.52. The van der Waals surface area contributed by atoms with Gasteiger partial charge in [0.2, 0.25) is 10.0 Å². The number of amides is 1. The first kappa shape index (κ1) is 18.5. The van der Waals surface area contributed by atoms with Gasteiger partial charge in [-0.25, -0.2) is 13.1 Å². The molecule has 2 aromatic rings. The van der Waals surface area contributed by atoms with E-state index in [2.05, 4.69) is 25.7 Å². The number of sulfonamides is 1. The molecular weight excluding hydrogens is 370 g/mol. The first-order chi connectivity index (χ1) is 12.9. The number of benzene rings is 2. The molecule has 9 nitrogen and oxygen atoms in total. The van der Waals surface area contributed by atoms with E-state index in [9.17, 15) is 13.2 Å². The van der Waals surface area contributed by atoms with Crippen LogP contribution in [0.4, 0.5) is 11.4 Å². The maximum atomic E-state index is 12.2. The minimum absolute atomic E-state index is 0.121. The Labute approximate surface area is 155 Å². The summed E-state index contributed by atoms with van der Waals surface area (Å²) in [6.45, 7) is 1.64. The molecule has 1 aliphatic heterocycles. The summed E-state index contributed by atoms with van der Waals surface area (Å²) in [6.07, 6.45) is 0. The Bertz CT molecular complexity index is 1060. The molecule has 0 bridgehead atoms. The van der Waals surface area contributed by atoms with Gasteiger partial charge in [-0.1, -0.05) is 11.2 Å². The predicted octanol–water partition coefficient (Wildman–Crippen LogP) is 1.56. The monoisotopic (exact) mass is 387 g/mol. The standard InChI is InChI=1S/C17H17N5O4S/c1-10(22-24)11-3-8-15-14(9-11)16(17(23)19-15)21-20-12-4-6-13(7-5-12)27(25,26)18-2/h3-9,18,20,24H,1-2H3,(H,19,21,23)/b22-10+. The van der Waals surface area contributed by atoms with Gasteiger partial charge in [-0.3, -0.25) is 10.2 Å². The van der Waals surface area contributed by atoms with Gasteiger partial charge in [0.15, 0.2) is 5.71 Å². The normalized spacial score (nSPS) is 15.6. The van der Waals surface area contributed by atoms with Gasteiger partial charge in [0.05, 0.1) is 22.0 Å². The van der Waals surface area contributed by atoms with Crippen LogP contribution in [0.25, 0.3) is 0 Å². The third kappa shape index (κ3) is 3.66. The molecule has 0 atom stereocenters. The second-order valence-corrected chi connectivity index (χ2v) is 7.59. The Hall–Kier alpha value is -3.24. The van der Waals surface area contributed by atoms with Gasteiger partial charge >= 0.3 is 0 Å². The number of hydrazone groups is 1. The third-order valence-electron chi connectivity index (χ3n) is 4.04. The zero-order valence-electron chi connectivity index (χ0n) is 14.5. The lowest BCUT2D eigenvalue weighted by Gasteiger charge is -2.05. The maximum absolute atomic E-state index is 12.2. The van der Waals surface area contributed by atoms with Crippen molar-refractivity contribution in [3.63, 3.8) is 0 Å². The molecular formula is C17H17N5O4S. The second kappa shape index (κ2) is 7.17. The Balaban J connectivity index is 1.88. The summed E-state index contributed by atoms with van der Waals surface area (Å²) in [7, 11) is -2.18. The van der Waals surface area contributed by atoms with E-state index in [1.807, 2.05) is 0 Å². The molecule has 140 valence electrons. The lowest BCUT2D eigenvalue weighted by atomic mass is 10.0. The Morgan fingerprint density at radius 3 is 2.48 bits per heavy atom. The summed E-state index contributed by atoms with van der Waals surface area (Å²) < 4.78 is 25.7. The fraction of sp³-hybridized carbons (Fsp3) is 0.118. The first-order valence-corrected chi connectivity index (χ1v) is 9.36. The van der Waals surface area contributed by atoms with Crippen molar-refractivity contribution in [1.29, 1.82) is 0 Å². The highest BCUT2D eigenvalue weighted by Gasteiger charge is 2.26. The molecule has 0 aliphatic carbocycles. The maximum Gasteiger partial charge on any atom is 0.276 e. The molecule has 10 heteroatoms. The second-order valence-electron chi connectivity index (χ2n) is 5.70. The fourth-order valence-corrected chi connectivity index (χ4v) is 3.22. The highest BCUT2D eigenvalue weighted by molar-refractivity contribution is 7.89. The van der Waals surface area contributed by atoms with Crippen LogP contribution < -0.4 is 15.5 Å². The van der Waals surface area contributed by atoms with E-state index in [4.69, 9.17) is 5.21 Å². The molecule has 1 amide bonds. The average Bonchev–Trinajstić information content (AvgIpc) is 3.00. The van der Waals surface area contributed by atoms with Crippen LogP contribution in [0.3, 0.4) is 0 Å². The van der Waals surface area contributed by atoms with Crippen LogP contribution in [-0.4, -0.2) is 38.0 Å². The highest BCUT2D eigenvalue weighted by Crippen LogP contribution is 2.25. The molecule has 3 rings (SSSR count). The Kier molecular flexibility index (Phi) is 4.93. The molecule has 0 spiro atoms. The van der Waals surface area contributed by atoms with Crippen LogP contribution in [0.5, 0.6) is 0 Å². The molecule has 0 radical (unpaired) electrons. The Morgan fingerprint density at radius 2 is 1.85 bits per heavy atom. The van der Waals surface area contributed by atoms with E-state index in [0.29, 0.717) is 28.2 Å². The SMILES string of the molecule is CNS(=O)(=O)c1ccc(N/N=C2\C(=O)Nc3ccc(/C(C)=N/O)cc32)cc1. The number of nitrogens with zero attached hydrogens (tertiary/aromatic N) is 2. The van der Waals surface area contributed by atoms with E-state index in [1.54, 1.807) is 37.3 Å². The summed E-state index contributed by atoms with van der Waals surface area (Å²) in [5, 5.41) is 18.9. The number of nitrogens with one attached hydrogen (secondary N) is 3. The largest absolute Gasteiger partial charge is 0.411 e. The molecule has 0 saturated carbocycles. The van der Waals surface area contributed by atoms with Crippen molar-refractivity contribution < 1.29 is 18.4 Å². The topological polar surface area (TPSA) is 132 Å². The molecule has 1 heterocycles. The minimum Gasteiger partial charge on any atom is -0.411 e. The zero-order valence-corrected chi connectivity index (χ0v) is 15.3. The zero-order chi connectivity index (χ0) is 19.6. The quantitative estimate of drug-likeness (QED) is 0.351. The molecule has 27 heavy (non-hydrogen) atoms. The molecule has 2 aromatic carbocycles. The molecule has 0 fully saturated rings. The van der Waals surface area contributed by atoms with E-state index in [0.717, 1.165) is 0 Å². The van der Waals surface area contributed by atoms with Gasteiger partial charge in [-0.05, 0) is 55.9 Å². The lowest BCUT2D eigenvalue weighted by molar-refractivity contribution is -0.110. The smallest absolute Gasteiger partial charge is 0.276 e. The Morgan fingerprint density at radius 1 is 1.15 bits per heavy atom. The van der Waals surface area contributed by atoms with Crippen LogP contribution in [0.15, 0.2) is 57.6 Å². The van der Waals surface area contributed by atoms with Crippen LogP contribution >= 0.6 is 0 Å². The van der Waals surface area contributed by atoms with Gasteiger partial charge in [-0.2, -0.15) is 5.10 Å². The number of hydrogen-bond acceptors (Lipinski definition) is 7. The lowest BCUT2D eigenvalue weighted by Crippen LogP contribution is -2.18. The van der Waals surface area contributed by atoms with Crippen molar-refractivity contribution in [2.24, 2.45) is 10.3 Å². The number of anilines is 2. The van der Waals surface area contributed by atoms with Crippen LogP contribution in [-0.2, 0) is 14.8 Å². The third-order valence-corrected chi connectivity index (χ3v) is 5.47. The van der Waals surface area contributed by atoms with E-state index < -0.39 is 10.0 Å². The van der Waals surface area contributed by atoms with Gasteiger partial charge < -0.3 is 10.5 Å². The van der Waals surface area contributed by atoms with Gasteiger partial charge in [0, 0.05) is 5.56 Å². The first-order valence-electron chi connectivity index (χ1n) is 7.88. The summed E-state index contributed by atoms with van der Waals surface area (Å²) >= 11 is 0. The van der Waals surface area contributed by atoms with Gasteiger partial charge in [-0.15, -0.1) is 0 Å². The van der Waals surface area contributed by atoms with Gasteiger partial charge in [0.1, 0.15) is 0 Å². The molecule has 4 N–H and O–H groups in total. The predicted molar refractivity (Wildman–Crippen MR) is 102 cm³/mol. The van der Waals surface area contributed by atoms with Crippen LogP contribution in [0, 0.1) is 0 Å². The van der Waals surface area contributed by atoms with E-state index in [-0.39, 0.29) is 16.5 Å². The molecule has 0 unspecified atom stereocenters. The number of hydrogen-bond donors (Lipinski definition) is 4. The summed E-state index contributed by atoms with van der Waals surface area (Å²) in [5.74, 6) is -0.373. The summed E-state index contributed by atoms with van der Waals surface area (Å²) in [4.78, 5) is 12.3. The van der Waals surface area contributed by atoms with Crippen LogP contribution in [0.1, 0.15) is 18.1 Å². The number of carbonyl (C=O) groups is 1. The number of rotatable bonds is 5. The highest BCUT2D eigenvalue weighted by atomic mass is 32.2. The summed E-state index contributed by atoms with van der Waals surface area (Å²) in [5.41, 5.74) is 5.67. The number of fused-ring (bicyclic) bond motifs is 1. The van der Waals surface area contributed by atoms with Crippen molar-refractivity contribution in [3.05, 3.63) is 53.6 Å². The number of oxime groups is 1. The van der Waals surface area contributed by atoms with Crippen molar-refractivity contribution in [2.75, 3.05) is 17.8 Å². The molecule has 0 aromatic heterocycles. The van der Waals surface area contributed by atoms with Gasteiger partial charge in [0.25, 0.3) is 5.91 Å². The van der Waals surface area contributed by atoms with E-state index >= 15 is 0 Å².